The van der Waals surface area contributed by atoms with Crippen molar-refractivity contribution in [2.45, 2.75) is 46.7 Å². The quantitative estimate of drug-likeness (QED) is 0.519. The van der Waals surface area contributed by atoms with Gasteiger partial charge in [-0.15, -0.1) is 0 Å². The molecule has 2 aromatic rings. The molecule has 2 rings (SSSR count). The Morgan fingerprint density at radius 2 is 1.89 bits per heavy atom. The third kappa shape index (κ3) is 5.39. The molecular weight excluding hydrogens is 344 g/mol. The molecule has 0 fully saturated rings. The summed E-state index contributed by atoms with van der Waals surface area (Å²) in [5, 5.41) is 10.8. The second-order valence-electron chi connectivity index (χ2n) is 5.94. The van der Waals surface area contributed by atoms with E-state index >= 15 is 0 Å². The lowest BCUT2D eigenvalue weighted by Crippen LogP contribution is -2.36. The predicted molar refractivity (Wildman–Crippen MR) is 106 cm³/mol. The Morgan fingerprint density at radius 1 is 1.11 bits per heavy atom. The molecule has 0 saturated carbocycles. The maximum Gasteiger partial charge on any atom is 0.191 e. The van der Waals surface area contributed by atoms with E-state index in [4.69, 9.17) is 14.0 Å². The number of nitrogens with zero attached hydrogens (tertiary/aromatic N) is 2. The Balaban J connectivity index is 1.98. The number of aromatic nitrogens is 1. The first-order valence-electron chi connectivity index (χ1n) is 9.37. The van der Waals surface area contributed by atoms with Gasteiger partial charge in [0.05, 0.1) is 19.4 Å². The van der Waals surface area contributed by atoms with Gasteiger partial charge < -0.3 is 24.6 Å². The number of nitrogens with one attached hydrogen (secondary N) is 2. The molecule has 0 radical (unpaired) electrons. The van der Waals surface area contributed by atoms with Crippen molar-refractivity contribution in [2.75, 3.05) is 20.8 Å². The van der Waals surface area contributed by atoms with Gasteiger partial charge in [0.25, 0.3) is 0 Å². The van der Waals surface area contributed by atoms with Crippen LogP contribution in [0.1, 0.15) is 43.4 Å². The summed E-state index contributed by atoms with van der Waals surface area (Å²) in [4.78, 5) is 4.29. The van der Waals surface area contributed by atoms with Crippen molar-refractivity contribution < 1.29 is 14.0 Å². The summed E-state index contributed by atoms with van der Waals surface area (Å²) in [6.45, 7) is 7.94. The van der Waals surface area contributed by atoms with Crippen LogP contribution in [0.25, 0.3) is 0 Å². The van der Waals surface area contributed by atoms with Crippen LogP contribution in [0.3, 0.4) is 0 Å². The fourth-order valence-electron chi connectivity index (χ4n) is 2.82. The zero-order valence-corrected chi connectivity index (χ0v) is 16.9. The zero-order valence-electron chi connectivity index (χ0n) is 16.9. The normalized spacial score (nSPS) is 11.4. The molecule has 0 aliphatic heterocycles. The predicted octanol–water partition coefficient (Wildman–Crippen LogP) is 3.07. The molecule has 0 bridgehead atoms. The maximum absolute atomic E-state index is 5.63. The summed E-state index contributed by atoms with van der Waals surface area (Å²) < 4.78 is 16.4. The van der Waals surface area contributed by atoms with Crippen molar-refractivity contribution in [3.05, 3.63) is 40.8 Å². The molecule has 0 aliphatic carbocycles. The van der Waals surface area contributed by atoms with Crippen LogP contribution in [0.2, 0.25) is 0 Å². The Morgan fingerprint density at radius 3 is 2.52 bits per heavy atom. The molecule has 7 heteroatoms. The molecule has 1 aromatic carbocycles. The third-order valence-electron chi connectivity index (χ3n) is 4.25. The summed E-state index contributed by atoms with van der Waals surface area (Å²) in [5.74, 6) is 3.11. The lowest BCUT2D eigenvalue weighted by molar-refractivity contribution is 0.310. The van der Waals surface area contributed by atoms with Gasteiger partial charge in [0.15, 0.2) is 17.5 Å². The van der Waals surface area contributed by atoms with Gasteiger partial charge in [-0.1, -0.05) is 25.1 Å². The molecule has 0 spiro atoms. The molecule has 148 valence electrons. The van der Waals surface area contributed by atoms with Crippen LogP contribution in [-0.2, 0) is 25.9 Å². The van der Waals surface area contributed by atoms with E-state index in [1.54, 1.807) is 14.2 Å². The van der Waals surface area contributed by atoms with Crippen LogP contribution in [0.15, 0.2) is 27.7 Å². The van der Waals surface area contributed by atoms with Crippen LogP contribution in [-0.4, -0.2) is 31.9 Å². The molecule has 0 unspecified atom stereocenters. The minimum atomic E-state index is 0.592. The van der Waals surface area contributed by atoms with Gasteiger partial charge in [-0.2, -0.15) is 0 Å². The lowest BCUT2D eigenvalue weighted by atomic mass is 10.1. The van der Waals surface area contributed by atoms with E-state index in [0.29, 0.717) is 25.7 Å². The standard InChI is InChI=1S/C20H30N4O3/c1-6-16-15(17(7-2)27-24-16)13-23-20(21-4)22-12-14-9-10-18(25-5)19(11-14)26-8-3/h9-11H,6-8,12-13H2,1-5H3,(H2,21,22,23). The van der Waals surface area contributed by atoms with E-state index in [-0.39, 0.29) is 0 Å². The van der Waals surface area contributed by atoms with Crippen molar-refractivity contribution in [2.24, 2.45) is 4.99 Å². The van der Waals surface area contributed by atoms with E-state index < -0.39 is 0 Å². The second kappa shape index (κ2) is 10.4. The molecule has 27 heavy (non-hydrogen) atoms. The minimum Gasteiger partial charge on any atom is -0.493 e. The molecule has 0 aliphatic rings. The highest BCUT2D eigenvalue weighted by Crippen LogP contribution is 2.28. The van der Waals surface area contributed by atoms with Crippen LogP contribution in [0.5, 0.6) is 11.5 Å². The molecular formula is C20H30N4O3. The topological polar surface area (TPSA) is 80.9 Å². The number of hydrogen-bond acceptors (Lipinski definition) is 5. The maximum atomic E-state index is 5.63. The first-order chi connectivity index (χ1) is 13.2. The van der Waals surface area contributed by atoms with Gasteiger partial charge in [-0.25, -0.2) is 0 Å². The lowest BCUT2D eigenvalue weighted by Gasteiger charge is -2.14. The molecule has 7 nitrogen and oxygen atoms in total. The fourth-order valence-corrected chi connectivity index (χ4v) is 2.82. The van der Waals surface area contributed by atoms with Gasteiger partial charge in [0, 0.05) is 32.1 Å². The van der Waals surface area contributed by atoms with Crippen molar-refractivity contribution in [1.29, 1.82) is 0 Å². The van der Waals surface area contributed by atoms with Gasteiger partial charge in [0.2, 0.25) is 0 Å². The summed E-state index contributed by atoms with van der Waals surface area (Å²) in [6.07, 6.45) is 1.67. The number of rotatable bonds is 9. The fraction of sp³-hybridized carbons (Fsp3) is 0.500. The number of aliphatic imine (C=N–C) groups is 1. The molecule has 1 heterocycles. The average molecular weight is 374 g/mol. The largest absolute Gasteiger partial charge is 0.493 e. The van der Waals surface area contributed by atoms with Crippen LogP contribution >= 0.6 is 0 Å². The number of aryl methyl sites for hydroxylation is 2. The molecule has 1 aromatic heterocycles. The smallest absolute Gasteiger partial charge is 0.191 e. The molecule has 2 N–H and O–H groups in total. The van der Waals surface area contributed by atoms with Gasteiger partial charge >= 0.3 is 0 Å². The Labute approximate surface area is 161 Å². The minimum absolute atomic E-state index is 0.592. The van der Waals surface area contributed by atoms with Crippen LogP contribution in [0, 0.1) is 0 Å². The van der Waals surface area contributed by atoms with Crippen LogP contribution < -0.4 is 20.1 Å². The second-order valence-corrected chi connectivity index (χ2v) is 5.94. The first kappa shape index (κ1) is 20.6. The zero-order chi connectivity index (χ0) is 19.6. The van der Waals surface area contributed by atoms with Gasteiger partial charge in [-0.3, -0.25) is 4.99 Å². The van der Waals surface area contributed by atoms with Gasteiger partial charge in [-0.05, 0) is 31.0 Å². The van der Waals surface area contributed by atoms with Crippen molar-refractivity contribution in [3.63, 3.8) is 0 Å². The van der Waals surface area contributed by atoms with Crippen molar-refractivity contribution in [3.8, 4) is 11.5 Å². The summed E-state index contributed by atoms with van der Waals surface area (Å²) in [7, 11) is 3.39. The Kier molecular flexibility index (Phi) is 7.98. The summed E-state index contributed by atoms with van der Waals surface area (Å²) in [5.41, 5.74) is 3.19. The number of methoxy groups -OCH3 is 1. The van der Waals surface area contributed by atoms with Crippen molar-refractivity contribution >= 4 is 5.96 Å². The highest BCUT2D eigenvalue weighted by atomic mass is 16.5. The summed E-state index contributed by atoms with van der Waals surface area (Å²) in [6, 6.07) is 5.90. The van der Waals surface area contributed by atoms with E-state index in [9.17, 15) is 0 Å². The molecule has 0 saturated heterocycles. The monoisotopic (exact) mass is 374 g/mol. The third-order valence-corrected chi connectivity index (χ3v) is 4.25. The van der Waals surface area contributed by atoms with E-state index in [1.807, 2.05) is 25.1 Å². The molecule has 0 atom stereocenters. The number of hydrogen-bond donors (Lipinski definition) is 2. The summed E-state index contributed by atoms with van der Waals surface area (Å²) >= 11 is 0. The van der Waals surface area contributed by atoms with Crippen LogP contribution in [0.4, 0.5) is 0 Å². The Hall–Kier alpha value is -2.70. The van der Waals surface area contributed by atoms with Crippen molar-refractivity contribution in [1.82, 2.24) is 15.8 Å². The van der Waals surface area contributed by atoms with E-state index in [1.165, 1.54) is 0 Å². The Bertz CT molecular complexity index is 734. The average Bonchev–Trinajstić information content (AvgIpc) is 3.10. The highest BCUT2D eigenvalue weighted by molar-refractivity contribution is 5.79. The van der Waals surface area contributed by atoms with E-state index in [0.717, 1.165) is 46.9 Å². The SMILES string of the molecule is CCOc1cc(CNC(=NC)NCc2c(CC)noc2CC)ccc1OC. The number of benzene rings is 1. The first-order valence-corrected chi connectivity index (χ1v) is 9.37. The molecule has 0 amide bonds. The number of guanidine groups is 1. The van der Waals surface area contributed by atoms with Gasteiger partial charge in [0.1, 0.15) is 5.76 Å². The number of ether oxygens (including phenoxy) is 2. The van der Waals surface area contributed by atoms with E-state index in [2.05, 4.69) is 34.6 Å². The highest BCUT2D eigenvalue weighted by Gasteiger charge is 2.13.